The van der Waals surface area contributed by atoms with Gasteiger partial charge in [-0.05, 0) is 69.4 Å². The van der Waals surface area contributed by atoms with Crippen molar-refractivity contribution in [3.05, 3.63) is 39.7 Å². The van der Waals surface area contributed by atoms with Crippen molar-refractivity contribution in [1.82, 2.24) is 9.80 Å². The highest BCUT2D eigenvalue weighted by Crippen LogP contribution is 2.54. The fourth-order valence-corrected chi connectivity index (χ4v) is 7.23. The molecule has 11 nitrogen and oxygen atoms in total. The Labute approximate surface area is 246 Å². The third-order valence-corrected chi connectivity index (χ3v) is 9.54. The van der Waals surface area contributed by atoms with Crippen LogP contribution in [0, 0.1) is 17.8 Å². The van der Waals surface area contributed by atoms with Crippen molar-refractivity contribution in [1.29, 1.82) is 0 Å². The number of nitrogens with two attached hydrogens (primary N) is 1. The molecular weight excluding hydrogens is 540 g/mol. The van der Waals surface area contributed by atoms with Crippen LogP contribution in [0.15, 0.2) is 23.0 Å². The van der Waals surface area contributed by atoms with Crippen LogP contribution >= 0.6 is 0 Å². The molecule has 230 valence electrons. The molecule has 1 aromatic carbocycles. The predicted octanol–water partition coefficient (Wildman–Crippen LogP) is 1.90. The normalized spacial score (nSPS) is 26.5. The number of carbonyl (C=O) groups is 3. The quantitative estimate of drug-likeness (QED) is 0.285. The summed E-state index contributed by atoms with van der Waals surface area (Å²) in [5, 5.41) is 45.7. The lowest BCUT2D eigenvalue weighted by molar-refractivity contribution is -0.153. The van der Waals surface area contributed by atoms with Crippen molar-refractivity contribution >= 4 is 28.9 Å². The van der Waals surface area contributed by atoms with Crippen molar-refractivity contribution in [2.45, 2.75) is 64.8 Å². The van der Waals surface area contributed by atoms with Gasteiger partial charge in [0.15, 0.2) is 11.4 Å². The van der Waals surface area contributed by atoms with Crippen LogP contribution in [0.25, 0.3) is 5.76 Å². The number of rotatable bonds is 8. The van der Waals surface area contributed by atoms with Crippen LogP contribution in [-0.4, -0.2) is 100 Å². The molecule has 0 unspecified atom stereocenters. The Kier molecular flexibility index (Phi) is 8.27. The van der Waals surface area contributed by atoms with Gasteiger partial charge in [-0.15, -0.1) is 0 Å². The van der Waals surface area contributed by atoms with Crippen molar-refractivity contribution in [3.63, 3.8) is 0 Å². The van der Waals surface area contributed by atoms with Crippen molar-refractivity contribution in [3.8, 4) is 5.75 Å². The van der Waals surface area contributed by atoms with Gasteiger partial charge in [0.1, 0.15) is 22.8 Å². The van der Waals surface area contributed by atoms with E-state index in [0.717, 1.165) is 17.8 Å². The number of carbonyl (C=O) groups excluding carboxylic acids is 3. The van der Waals surface area contributed by atoms with Gasteiger partial charge in [0.05, 0.1) is 11.6 Å². The van der Waals surface area contributed by atoms with E-state index in [2.05, 4.69) is 32.6 Å². The van der Waals surface area contributed by atoms with Crippen LogP contribution in [0.1, 0.15) is 50.8 Å². The minimum absolute atomic E-state index is 0.0507. The molecule has 42 heavy (non-hydrogen) atoms. The van der Waals surface area contributed by atoms with Crippen molar-refractivity contribution in [2.24, 2.45) is 23.5 Å². The summed E-state index contributed by atoms with van der Waals surface area (Å²) >= 11 is 0. The van der Waals surface area contributed by atoms with Crippen LogP contribution in [0.4, 0.5) is 5.69 Å². The number of aliphatic hydroxyl groups is 3. The fourth-order valence-electron chi connectivity index (χ4n) is 7.23. The molecule has 1 amide bonds. The minimum atomic E-state index is -2.65. The molecule has 0 saturated heterocycles. The molecule has 3 aliphatic carbocycles. The number of hydrogen-bond donors (Lipinski definition) is 5. The lowest BCUT2D eigenvalue weighted by Gasteiger charge is -2.50. The topological polar surface area (TPSA) is 168 Å². The molecule has 3 aliphatic rings. The zero-order valence-corrected chi connectivity index (χ0v) is 25.7. The summed E-state index contributed by atoms with van der Waals surface area (Å²) in [5.74, 6) is -6.15. The molecule has 4 rings (SSSR count). The van der Waals surface area contributed by atoms with Crippen molar-refractivity contribution in [2.75, 3.05) is 39.6 Å². The van der Waals surface area contributed by atoms with E-state index in [1.807, 2.05) is 19.0 Å². The number of hydrogen-bond acceptors (Lipinski definition) is 10. The molecule has 1 saturated carbocycles. The Balaban J connectivity index is 1.93. The van der Waals surface area contributed by atoms with Gasteiger partial charge in [-0.1, -0.05) is 20.8 Å². The molecule has 0 radical (unpaired) electrons. The molecule has 0 heterocycles. The highest BCUT2D eigenvalue weighted by molar-refractivity contribution is 6.24. The molecule has 6 N–H and O–H groups in total. The first-order chi connectivity index (χ1) is 19.5. The summed E-state index contributed by atoms with van der Waals surface area (Å²) in [5.41, 5.74) is 4.21. The third-order valence-electron chi connectivity index (χ3n) is 9.54. The summed E-state index contributed by atoms with van der Waals surface area (Å²) in [6.07, 6.45) is 0.296. The number of amides is 1. The van der Waals surface area contributed by atoms with Crippen LogP contribution < -0.4 is 10.6 Å². The van der Waals surface area contributed by atoms with Gasteiger partial charge < -0.3 is 31.1 Å². The van der Waals surface area contributed by atoms with E-state index in [1.54, 1.807) is 20.2 Å². The monoisotopic (exact) mass is 584 g/mol. The molecule has 0 spiro atoms. The standard InChI is InChI=1S/C31H44N4O7/c1-9-35(15(4)14(2)3)13-17-12-20(36)22-18(24(17)33(5)6)10-16-11-19-25(34(7)8)27(38)23(30(32)41)29(40)31(19,42)28(39)21(16)26(22)37/h12,14-16,19,25,36-37,40,42H,9-11,13H2,1-8H3,(H2,32,41)/t15-,16+,19+,25+,31+/m1/s1. The number of anilines is 1. The van der Waals surface area contributed by atoms with Gasteiger partial charge in [-0.2, -0.15) is 0 Å². The van der Waals surface area contributed by atoms with Gasteiger partial charge >= 0.3 is 0 Å². The molecular formula is C31H44N4O7. The van der Waals surface area contributed by atoms with E-state index < -0.39 is 58.0 Å². The zero-order chi connectivity index (χ0) is 31.6. The zero-order valence-electron chi connectivity index (χ0n) is 25.7. The second-order valence-electron chi connectivity index (χ2n) is 12.7. The molecule has 11 heteroatoms. The Morgan fingerprint density at radius 3 is 2.24 bits per heavy atom. The number of phenols is 1. The number of benzene rings is 1. The van der Waals surface area contributed by atoms with E-state index in [0.29, 0.717) is 18.0 Å². The first-order valence-corrected chi connectivity index (χ1v) is 14.4. The number of phenolic OH excluding ortho intramolecular Hbond substituents is 1. The number of aromatic hydroxyl groups is 1. The summed E-state index contributed by atoms with van der Waals surface area (Å²) in [7, 11) is 6.93. The number of nitrogens with zero attached hydrogens (tertiary/aromatic N) is 3. The maximum absolute atomic E-state index is 14.1. The first-order valence-electron chi connectivity index (χ1n) is 14.4. The third kappa shape index (κ3) is 4.58. The smallest absolute Gasteiger partial charge is 0.255 e. The van der Waals surface area contributed by atoms with E-state index in [4.69, 9.17) is 5.73 Å². The maximum Gasteiger partial charge on any atom is 0.255 e. The molecule has 0 aliphatic heterocycles. The van der Waals surface area contributed by atoms with Gasteiger partial charge in [-0.3, -0.25) is 24.2 Å². The second kappa shape index (κ2) is 11.0. The number of primary amides is 1. The fraction of sp³-hybridized carbons (Fsp3) is 0.581. The number of ketones is 2. The van der Waals surface area contributed by atoms with Crippen LogP contribution in [0.5, 0.6) is 5.75 Å². The average molecular weight is 585 g/mol. The van der Waals surface area contributed by atoms with E-state index in [1.165, 1.54) is 4.90 Å². The Bertz CT molecular complexity index is 1400. The molecule has 1 fully saturated rings. The Hall–Kier alpha value is -3.41. The van der Waals surface area contributed by atoms with Gasteiger partial charge in [0.2, 0.25) is 5.78 Å². The predicted molar refractivity (Wildman–Crippen MR) is 159 cm³/mol. The van der Waals surface area contributed by atoms with Gasteiger partial charge in [0.25, 0.3) is 5.91 Å². The SMILES string of the molecule is CCN(Cc1cc(O)c2c(c1N(C)C)C[C@H]1C[C@H]3[C@H](N(C)C)C(=O)C(C(N)=O)=C(O)[C@@]3(O)C(=O)C1=C2O)[C@H](C)C(C)C. The number of aliphatic hydroxyl groups excluding tert-OH is 2. The van der Waals surface area contributed by atoms with Crippen LogP contribution in [0.2, 0.25) is 0 Å². The number of Topliss-reactive ketones (excluding diaryl/α,β-unsaturated/α-hetero) is 2. The lowest BCUT2D eigenvalue weighted by Crippen LogP contribution is -2.65. The molecule has 1 aromatic rings. The Morgan fingerprint density at radius 2 is 1.74 bits per heavy atom. The second-order valence-corrected chi connectivity index (χ2v) is 12.7. The minimum Gasteiger partial charge on any atom is -0.508 e. The van der Waals surface area contributed by atoms with Crippen LogP contribution in [0.3, 0.4) is 0 Å². The highest BCUT2D eigenvalue weighted by atomic mass is 16.3. The van der Waals surface area contributed by atoms with E-state index in [9.17, 15) is 34.8 Å². The van der Waals surface area contributed by atoms with E-state index >= 15 is 0 Å². The van der Waals surface area contributed by atoms with Gasteiger partial charge in [0, 0.05) is 43.9 Å². The summed E-state index contributed by atoms with van der Waals surface area (Å²) in [4.78, 5) is 45.3. The average Bonchev–Trinajstić information content (AvgIpc) is 2.88. The van der Waals surface area contributed by atoms with Crippen molar-refractivity contribution < 1.29 is 34.8 Å². The molecule has 0 aromatic heterocycles. The molecule has 5 atom stereocenters. The summed E-state index contributed by atoms with van der Waals surface area (Å²) in [6, 6.07) is 0.760. The van der Waals surface area contributed by atoms with Crippen LogP contribution in [-0.2, 0) is 27.3 Å². The summed E-state index contributed by atoms with van der Waals surface area (Å²) in [6.45, 7) is 9.92. The lowest BCUT2D eigenvalue weighted by atomic mass is 9.57. The number of likely N-dealkylation sites (N-methyl/N-ethyl adjacent to an activating group) is 1. The highest BCUT2D eigenvalue weighted by Gasteiger charge is 2.64. The largest absolute Gasteiger partial charge is 0.508 e. The molecule has 0 bridgehead atoms. The van der Waals surface area contributed by atoms with Gasteiger partial charge in [-0.25, -0.2) is 0 Å². The maximum atomic E-state index is 14.1. The Morgan fingerprint density at radius 1 is 1.12 bits per heavy atom. The first kappa shape index (κ1) is 31.5. The van der Waals surface area contributed by atoms with E-state index in [-0.39, 0.29) is 35.8 Å². The summed E-state index contributed by atoms with van der Waals surface area (Å²) < 4.78 is 0. The number of fused-ring (bicyclic) bond motifs is 3.